The van der Waals surface area contributed by atoms with Crippen LogP contribution in [0.25, 0.3) is 0 Å². The van der Waals surface area contributed by atoms with Crippen LogP contribution in [0.5, 0.6) is 0 Å². The molecule has 0 aromatic heterocycles. The van der Waals surface area contributed by atoms with Crippen LogP contribution in [0.15, 0.2) is 0 Å². The molecule has 0 aromatic rings. The number of hydrogen-bond acceptors (Lipinski definition) is 2. The average Bonchev–Trinajstić information content (AvgIpc) is 2.17. The molecule has 1 rings (SSSR count). The standard InChI is InChI=1S/C11H20O2/c1-3-9-4-5-11(12)10(8-9)6-7-13-2/h9-10H,3-8H2,1-2H3. The van der Waals surface area contributed by atoms with E-state index in [0.717, 1.165) is 38.2 Å². The number of carbonyl (C=O) groups excluding carboxylic acids is 1. The van der Waals surface area contributed by atoms with E-state index in [2.05, 4.69) is 6.92 Å². The van der Waals surface area contributed by atoms with E-state index in [4.69, 9.17) is 4.74 Å². The predicted octanol–water partition coefficient (Wildman–Crippen LogP) is 2.42. The molecule has 0 saturated heterocycles. The van der Waals surface area contributed by atoms with E-state index in [-0.39, 0.29) is 0 Å². The third kappa shape index (κ3) is 3.11. The van der Waals surface area contributed by atoms with Crippen LogP contribution in [0.4, 0.5) is 0 Å². The van der Waals surface area contributed by atoms with Crippen molar-refractivity contribution in [3.8, 4) is 0 Å². The number of Topliss-reactive ketones (excluding diaryl/α,β-unsaturated/α-hetero) is 1. The Morgan fingerprint density at radius 3 is 2.92 bits per heavy atom. The summed E-state index contributed by atoms with van der Waals surface area (Å²) in [5.74, 6) is 1.53. The smallest absolute Gasteiger partial charge is 0.136 e. The van der Waals surface area contributed by atoms with Crippen molar-refractivity contribution < 1.29 is 9.53 Å². The van der Waals surface area contributed by atoms with Crippen molar-refractivity contribution in [2.75, 3.05) is 13.7 Å². The Morgan fingerprint density at radius 2 is 2.31 bits per heavy atom. The first-order valence-electron chi connectivity index (χ1n) is 5.29. The van der Waals surface area contributed by atoms with Crippen LogP contribution in [-0.2, 0) is 9.53 Å². The van der Waals surface area contributed by atoms with E-state index in [0.29, 0.717) is 11.7 Å². The van der Waals surface area contributed by atoms with Gasteiger partial charge in [0.05, 0.1) is 0 Å². The fraction of sp³-hybridized carbons (Fsp3) is 0.909. The SMILES string of the molecule is CCC1CCC(=O)C(CCOC)C1. The van der Waals surface area contributed by atoms with E-state index in [1.165, 1.54) is 6.42 Å². The van der Waals surface area contributed by atoms with Gasteiger partial charge in [0.1, 0.15) is 5.78 Å². The number of ether oxygens (including phenoxy) is 1. The summed E-state index contributed by atoms with van der Waals surface area (Å²) in [6, 6.07) is 0. The lowest BCUT2D eigenvalue weighted by Crippen LogP contribution is -2.25. The Balaban J connectivity index is 2.36. The normalized spacial score (nSPS) is 29.2. The van der Waals surface area contributed by atoms with Crippen molar-refractivity contribution in [1.29, 1.82) is 0 Å². The van der Waals surface area contributed by atoms with Gasteiger partial charge in [0, 0.05) is 26.1 Å². The fourth-order valence-corrected chi connectivity index (χ4v) is 2.11. The largest absolute Gasteiger partial charge is 0.385 e. The molecule has 2 atom stereocenters. The Bertz CT molecular complexity index is 165. The monoisotopic (exact) mass is 184 g/mol. The molecule has 0 aliphatic heterocycles. The Labute approximate surface area is 80.7 Å². The van der Waals surface area contributed by atoms with Gasteiger partial charge in [0.2, 0.25) is 0 Å². The number of ketones is 1. The molecule has 13 heavy (non-hydrogen) atoms. The lowest BCUT2D eigenvalue weighted by atomic mass is 9.78. The zero-order valence-electron chi connectivity index (χ0n) is 8.71. The van der Waals surface area contributed by atoms with Crippen LogP contribution >= 0.6 is 0 Å². The van der Waals surface area contributed by atoms with E-state index in [1.807, 2.05) is 0 Å². The van der Waals surface area contributed by atoms with Gasteiger partial charge in [-0.25, -0.2) is 0 Å². The first kappa shape index (κ1) is 10.7. The van der Waals surface area contributed by atoms with E-state index < -0.39 is 0 Å². The minimum atomic E-state index is 0.290. The number of carbonyl (C=O) groups is 1. The molecule has 1 saturated carbocycles. The predicted molar refractivity (Wildman–Crippen MR) is 52.6 cm³/mol. The van der Waals surface area contributed by atoms with Crippen molar-refractivity contribution in [1.82, 2.24) is 0 Å². The van der Waals surface area contributed by atoms with E-state index in [1.54, 1.807) is 7.11 Å². The zero-order chi connectivity index (χ0) is 9.68. The summed E-state index contributed by atoms with van der Waals surface area (Å²) >= 11 is 0. The summed E-state index contributed by atoms with van der Waals surface area (Å²) < 4.78 is 5.01. The first-order valence-corrected chi connectivity index (χ1v) is 5.29. The second-order valence-electron chi connectivity index (χ2n) is 3.99. The molecule has 1 aliphatic carbocycles. The third-order valence-corrected chi connectivity index (χ3v) is 3.12. The molecule has 0 radical (unpaired) electrons. The highest BCUT2D eigenvalue weighted by molar-refractivity contribution is 5.81. The molecule has 1 fully saturated rings. The maximum atomic E-state index is 11.5. The first-order chi connectivity index (χ1) is 6.27. The number of methoxy groups -OCH3 is 1. The molecule has 0 amide bonds. The molecule has 0 heterocycles. The summed E-state index contributed by atoms with van der Waals surface area (Å²) in [7, 11) is 1.70. The van der Waals surface area contributed by atoms with Gasteiger partial charge < -0.3 is 4.74 Å². The molecule has 2 heteroatoms. The van der Waals surface area contributed by atoms with Crippen LogP contribution in [0.2, 0.25) is 0 Å². The highest BCUT2D eigenvalue weighted by atomic mass is 16.5. The summed E-state index contributed by atoms with van der Waals surface area (Å²) in [6.07, 6.45) is 5.15. The van der Waals surface area contributed by atoms with Gasteiger partial charge in [-0.15, -0.1) is 0 Å². The van der Waals surface area contributed by atoms with Crippen LogP contribution < -0.4 is 0 Å². The van der Waals surface area contributed by atoms with Crippen molar-refractivity contribution in [2.24, 2.45) is 11.8 Å². The highest BCUT2D eigenvalue weighted by Gasteiger charge is 2.27. The topological polar surface area (TPSA) is 26.3 Å². The molecule has 76 valence electrons. The number of rotatable bonds is 4. The van der Waals surface area contributed by atoms with Gasteiger partial charge in [0.15, 0.2) is 0 Å². The van der Waals surface area contributed by atoms with E-state index >= 15 is 0 Å². The van der Waals surface area contributed by atoms with Gasteiger partial charge in [-0.1, -0.05) is 13.3 Å². The van der Waals surface area contributed by atoms with Crippen LogP contribution in [-0.4, -0.2) is 19.5 Å². The lowest BCUT2D eigenvalue weighted by molar-refractivity contribution is -0.126. The molecule has 1 aliphatic rings. The van der Waals surface area contributed by atoms with Gasteiger partial charge in [-0.3, -0.25) is 4.79 Å². The summed E-state index contributed by atoms with van der Waals surface area (Å²) in [5.41, 5.74) is 0. The highest BCUT2D eigenvalue weighted by Crippen LogP contribution is 2.30. The van der Waals surface area contributed by atoms with Crippen molar-refractivity contribution >= 4 is 5.78 Å². The molecule has 0 aromatic carbocycles. The maximum absolute atomic E-state index is 11.5. The quantitative estimate of drug-likeness (QED) is 0.670. The molecular formula is C11H20O2. The minimum absolute atomic E-state index is 0.290. The molecular weight excluding hydrogens is 164 g/mol. The van der Waals surface area contributed by atoms with Crippen LogP contribution in [0.1, 0.15) is 39.0 Å². The molecule has 2 nitrogen and oxygen atoms in total. The average molecular weight is 184 g/mol. The Morgan fingerprint density at radius 1 is 1.54 bits per heavy atom. The molecule has 0 N–H and O–H groups in total. The molecule has 0 bridgehead atoms. The Hall–Kier alpha value is -0.370. The van der Waals surface area contributed by atoms with E-state index in [9.17, 15) is 4.79 Å². The molecule has 0 spiro atoms. The second-order valence-corrected chi connectivity index (χ2v) is 3.99. The summed E-state index contributed by atoms with van der Waals surface area (Å²) in [4.78, 5) is 11.5. The zero-order valence-corrected chi connectivity index (χ0v) is 8.71. The van der Waals surface area contributed by atoms with Gasteiger partial charge in [0.25, 0.3) is 0 Å². The molecule has 2 unspecified atom stereocenters. The van der Waals surface area contributed by atoms with Crippen molar-refractivity contribution in [2.45, 2.75) is 39.0 Å². The summed E-state index contributed by atoms with van der Waals surface area (Å²) in [6.45, 7) is 2.95. The van der Waals surface area contributed by atoms with Crippen LogP contribution in [0, 0.1) is 11.8 Å². The van der Waals surface area contributed by atoms with Crippen LogP contribution in [0.3, 0.4) is 0 Å². The van der Waals surface area contributed by atoms with Gasteiger partial charge >= 0.3 is 0 Å². The second kappa shape index (κ2) is 5.38. The third-order valence-electron chi connectivity index (χ3n) is 3.12. The summed E-state index contributed by atoms with van der Waals surface area (Å²) in [5, 5.41) is 0. The van der Waals surface area contributed by atoms with Crippen molar-refractivity contribution in [3.63, 3.8) is 0 Å². The maximum Gasteiger partial charge on any atom is 0.136 e. The van der Waals surface area contributed by atoms with Crippen molar-refractivity contribution in [3.05, 3.63) is 0 Å². The minimum Gasteiger partial charge on any atom is -0.385 e. The number of hydrogen-bond donors (Lipinski definition) is 0. The van der Waals surface area contributed by atoms with Gasteiger partial charge in [-0.2, -0.15) is 0 Å². The fourth-order valence-electron chi connectivity index (χ4n) is 2.11. The van der Waals surface area contributed by atoms with Gasteiger partial charge in [-0.05, 0) is 25.2 Å². The Kier molecular flexibility index (Phi) is 4.43. The lowest BCUT2D eigenvalue weighted by Gasteiger charge is -2.27.